The Hall–Kier alpha value is -4.08. The van der Waals surface area contributed by atoms with E-state index in [1.165, 1.54) is 4.90 Å². The molecule has 0 radical (unpaired) electrons. The highest BCUT2D eigenvalue weighted by Crippen LogP contribution is 2.38. The second-order valence-corrected chi connectivity index (χ2v) is 12.1. The normalized spacial score (nSPS) is 23.0. The van der Waals surface area contributed by atoms with E-state index in [2.05, 4.69) is 32.2 Å². The summed E-state index contributed by atoms with van der Waals surface area (Å²) in [7, 11) is 0. The molecule has 1 N–H and O–H groups in total. The number of hydrogen-bond donors (Lipinski definition) is 1. The van der Waals surface area contributed by atoms with Gasteiger partial charge in [0.1, 0.15) is 6.54 Å². The van der Waals surface area contributed by atoms with Crippen LogP contribution in [-0.2, 0) is 11.3 Å². The van der Waals surface area contributed by atoms with Gasteiger partial charge in [-0.2, -0.15) is 23.3 Å². The largest absolute Gasteiger partial charge is 0.395 e. The SMILES string of the molecule is CCN1CCN(C(=O)Cn2cc(Nc3nc4c(N5CC6CCC(C5)N6C(=O)N5CC(C(F)(F)F)C5)cccn4n3)cn2)CC1. The summed E-state index contributed by atoms with van der Waals surface area (Å²) in [6, 6.07) is 3.43. The molecule has 7 rings (SSSR count). The fraction of sp³-hybridized carbons (Fsp3) is 0.607. The van der Waals surface area contributed by atoms with E-state index in [4.69, 9.17) is 4.98 Å². The van der Waals surface area contributed by atoms with Crippen molar-refractivity contribution in [3.8, 4) is 0 Å². The number of fused-ring (bicyclic) bond motifs is 3. The van der Waals surface area contributed by atoms with Crippen molar-refractivity contribution < 1.29 is 22.8 Å². The number of aromatic nitrogens is 5. The third-order valence-electron chi connectivity index (χ3n) is 9.36. The molecule has 2 atom stereocenters. The highest BCUT2D eigenvalue weighted by Gasteiger charge is 2.52. The minimum absolute atomic E-state index is 0.0389. The number of nitrogens with one attached hydrogen (secondary N) is 1. The molecule has 4 aliphatic rings. The number of carbonyl (C=O) groups excluding carboxylic acids is 2. The van der Waals surface area contributed by atoms with E-state index < -0.39 is 12.1 Å². The van der Waals surface area contributed by atoms with Crippen LogP contribution in [0.15, 0.2) is 30.7 Å². The number of hydrogen-bond acceptors (Lipinski definition) is 8. The van der Waals surface area contributed by atoms with Gasteiger partial charge in [0.15, 0.2) is 5.65 Å². The maximum absolute atomic E-state index is 13.1. The molecule has 2 bridgehead atoms. The van der Waals surface area contributed by atoms with Crippen LogP contribution in [0.3, 0.4) is 0 Å². The summed E-state index contributed by atoms with van der Waals surface area (Å²) in [5, 5.41) is 12.1. The van der Waals surface area contributed by atoms with Gasteiger partial charge in [-0.15, -0.1) is 5.10 Å². The number of nitrogens with zero attached hydrogens (tertiary/aromatic N) is 10. The minimum atomic E-state index is -4.26. The molecule has 236 valence electrons. The van der Waals surface area contributed by atoms with Crippen LogP contribution in [-0.4, -0.2) is 133 Å². The minimum Gasteiger partial charge on any atom is -0.364 e. The number of halogens is 3. The number of alkyl halides is 3. The van der Waals surface area contributed by atoms with Crippen molar-refractivity contribution in [2.75, 3.05) is 69.1 Å². The van der Waals surface area contributed by atoms with E-state index in [9.17, 15) is 22.8 Å². The fourth-order valence-corrected chi connectivity index (χ4v) is 6.80. The molecule has 2 unspecified atom stereocenters. The van der Waals surface area contributed by atoms with Crippen molar-refractivity contribution in [3.63, 3.8) is 0 Å². The van der Waals surface area contributed by atoms with E-state index in [1.54, 1.807) is 26.5 Å². The van der Waals surface area contributed by atoms with Crippen LogP contribution in [0.5, 0.6) is 0 Å². The molecule has 4 saturated heterocycles. The van der Waals surface area contributed by atoms with E-state index >= 15 is 0 Å². The van der Waals surface area contributed by atoms with E-state index in [1.807, 2.05) is 23.2 Å². The molecule has 44 heavy (non-hydrogen) atoms. The molecule has 4 fully saturated rings. The van der Waals surface area contributed by atoms with Crippen molar-refractivity contribution in [1.29, 1.82) is 0 Å². The Labute approximate surface area is 252 Å². The van der Waals surface area contributed by atoms with E-state index in [-0.39, 0.29) is 43.7 Å². The number of likely N-dealkylation sites (N-methyl/N-ethyl adjacent to an activating group) is 1. The molecule has 3 amide bonds. The molecule has 0 aliphatic carbocycles. The Bertz CT molecular complexity index is 1510. The first kappa shape index (κ1) is 28.7. The number of anilines is 3. The summed E-state index contributed by atoms with van der Waals surface area (Å²) in [5.74, 6) is -1.01. The highest BCUT2D eigenvalue weighted by atomic mass is 19.4. The van der Waals surface area contributed by atoms with Crippen LogP contribution in [0.25, 0.3) is 5.65 Å². The van der Waals surface area contributed by atoms with Gasteiger partial charge >= 0.3 is 12.2 Å². The van der Waals surface area contributed by atoms with Crippen LogP contribution >= 0.6 is 0 Å². The summed E-state index contributed by atoms with van der Waals surface area (Å²) in [6.07, 6.45) is 2.57. The lowest BCUT2D eigenvalue weighted by molar-refractivity contribution is -0.203. The summed E-state index contributed by atoms with van der Waals surface area (Å²) in [6.45, 7) is 7.11. The van der Waals surface area contributed by atoms with E-state index in [0.29, 0.717) is 30.4 Å². The van der Waals surface area contributed by atoms with Crippen molar-refractivity contribution in [2.24, 2.45) is 5.92 Å². The Kier molecular flexibility index (Phi) is 7.25. The zero-order valence-corrected chi connectivity index (χ0v) is 24.5. The lowest BCUT2D eigenvalue weighted by Crippen LogP contribution is -2.64. The average Bonchev–Trinajstić information content (AvgIpc) is 3.66. The van der Waals surface area contributed by atoms with Crippen molar-refractivity contribution in [1.82, 2.24) is 44.0 Å². The second-order valence-electron chi connectivity index (χ2n) is 12.1. The number of likely N-dealkylation sites (tertiary alicyclic amines) is 1. The first-order chi connectivity index (χ1) is 21.2. The molecular formula is C28H36F3N11O2. The average molecular weight is 616 g/mol. The number of amides is 3. The van der Waals surface area contributed by atoms with Gasteiger partial charge < -0.3 is 29.8 Å². The topological polar surface area (TPSA) is 110 Å². The summed E-state index contributed by atoms with van der Waals surface area (Å²) >= 11 is 0. The van der Waals surface area contributed by atoms with Gasteiger partial charge in [0, 0.05) is 64.8 Å². The van der Waals surface area contributed by atoms with Crippen LogP contribution in [0.2, 0.25) is 0 Å². The standard InChI is InChI=1S/C28H36F3N11O2/c1-2-36-8-10-37(11-9-36)24(43)18-40-15-20(12-32-40)33-26-34-25-23(4-3-7-41(25)35-26)38-16-21-5-6-22(17-38)42(21)27(44)39-13-19(14-39)28(29,30)31/h3-4,7,12,15,19,21-22H,2,5-6,8-11,13-14,16-18H2,1H3,(H,33,35). The van der Waals surface area contributed by atoms with E-state index in [0.717, 1.165) is 51.3 Å². The van der Waals surface area contributed by atoms with Gasteiger partial charge in [0.2, 0.25) is 11.9 Å². The predicted molar refractivity (Wildman–Crippen MR) is 155 cm³/mol. The molecule has 0 spiro atoms. The van der Waals surface area contributed by atoms with Gasteiger partial charge in [-0.3, -0.25) is 9.48 Å². The lowest BCUT2D eigenvalue weighted by Gasteiger charge is -2.47. The molecule has 4 aliphatic heterocycles. The van der Waals surface area contributed by atoms with Gasteiger partial charge in [0.05, 0.1) is 35.6 Å². The van der Waals surface area contributed by atoms with Gasteiger partial charge in [-0.05, 0) is 31.5 Å². The van der Waals surface area contributed by atoms with Crippen molar-refractivity contribution in [2.45, 2.75) is 44.6 Å². The lowest BCUT2D eigenvalue weighted by atomic mass is 10.00. The third kappa shape index (κ3) is 5.39. The number of urea groups is 1. The van der Waals surface area contributed by atoms with Gasteiger partial charge in [-0.25, -0.2) is 9.31 Å². The Morgan fingerprint density at radius 3 is 2.43 bits per heavy atom. The Morgan fingerprint density at radius 2 is 1.75 bits per heavy atom. The molecule has 7 heterocycles. The van der Waals surface area contributed by atoms with Crippen molar-refractivity contribution in [3.05, 3.63) is 30.7 Å². The second kappa shape index (κ2) is 11.1. The Balaban J connectivity index is 0.989. The highest BCUT2D eigenvalue weighted by molar-refractivity contribution is 5.78. The van der Waals surface area contributed by atoms with Crippen LogP contribution in [0.4, 0.5) is 35.3 Å². The van der Waals surface area contributed by atoms with Crippen LogP contribution < -0.4 is 10.2 Å². The molecule has 13 nitrogen and oxygen atoms in total. The first-order valence-corrected chi connectivity index (χ1v) is 15.2. The quantitative estimate of drug-likeness (QED) is 0.449. The summed E-state index contributed by atoms with van der Waals surface area (Å²) in [4.78, 5) is 40.1. The monoisotopic (exact) mass is 615 g/mol. The number of carbonyl (C=O) groups is 2. The Morgan fingerprint density at radius 1 is 1.02 bits per heavy atom. The number of rotatable bonds is 6. The summed E-state index contributed by atoms with van der Waals surface area (Å²) in [5.41, 5.74) is 2.19. The molecule has 16 heteroatoms. The van der Waals surface area contributed by atoms with Crippen LogP contribution in [0.1, 0.15) is 19.8 Å². The number of piperazine rings is 2. The maximum atomic E-state index is 13.1. The number of pyridine rings is 1. The van der Waals surface area contributed by atoms with Gasteiger partial charge in [0.25, 0.3) is 0 Å². The third-order valence-corrected chi connectivity index (χ3v) is 9.36. The first-order valence-electron chi connectivity index (χ1n) is 15.2. The molecule has 3 aromatic heterocycles. The summed E-state index contributed by atoms with van der Waals surface area (Å²) < 4.78 is 42.2. The molecule has 0 saturated carbocycles. The fourth-order valence-electron chi connectivity index (χ4n) is 6.80. The zero-order valence-electron chi connectivity index (χ0n) is 24.5. The van der Waals surface area contributed by atoms with Gasteiger partial charge in [-0.1, -0.05) is 6.92 Å². The molecule has 0 aromatic carbocycles. The van der Waals surface area contributed by atoms with Crippen molar-refractivity contribution >= 4 is 34.9 Å². The maximum Gasteiger partial charge on any atom is 0.395 e. The van der Waals surface area contributed by atoms with Crippen LogP contribution in [0, 0.1) is 5.92 Å². The molecule has 3 aromatic rings. The molecular weight excluding hydrogens is 579 g/mol. The zero-order chi connectivity index (χ0) is 30.6. The smallest absolute Gasteiger partial charge is 0.364 e. The predicted octanol–water partition coefficient (Wildman–Crippen LogP) is 2.10.